The Balaban J connectivity index is 1.36. The molecule has 10 heteroatoms. The van der Waals surface area contributed by atoms with E-state index in [1.54, 1.807) is 35.3 Å². The fraction of sp³-hybridized carbons (Fsp3) is 0.241. The Morgan fingerprint density at radius 1 is 0.974 bits per heavy atom. The summed E-state index contributed by atoms with van der Waals surface area (Å²) in [5, 5.41) is 0.613. The lowest BCUT2D eigenvalue weighted by molar-refractivity contribution is -0.137. The minimum atomic E-state index is -4.37. The number of amides is 1. The van der Waals surface area contributed by atoms with Gasteiger partial charge >= 0.3 is 6.18 Å². The fourth-order valence-corrected chi connectivity index (χ4v) is 4.97. The molecule has 0 unspecified atom stereocenters. The highest BCUT2D eigenvalue weighted by molar-refractivity contribution is 6.30. The average Bonchev–Trinajstić information content (AvgIpc) is 3.23. The van der Waals surface area contributed by atoms with Gasteiger partial charge in [-0.1, -0.05) is 29.8 Å². The molecule has 1 aliphatic rings. The van der Waals surface area contributed by atoms with Crippen LogP contribution >= 0.6 is 11.6 Å². The van der Waals surface area contributed by atoms with Gasteiger partial charge in [0.1, 0.15) is 0 Å². The molecular formula is C29H27ClF3N5O. The summed E-state index contributed by atoms with van der Waals surface area (Å²) in [6.07, 6.45) is -1.22. The highest BCUT2D eigenvalue weighted by atomic mass is 35.5. The van der Waals surface area contributed by atoms with E-state index in [1.165, 1.54) is 12.1 Å². The first kappa shape index (κ1) is 26.8. The number of rotatable bonds is 6. The Labute approximate surface area is 229 Å². The standard InChI is InChI=1S/C29H27ClF3N5O/c1-20-17-23(19-36-13-15-37(16-14-36)26-4-2-3-24(18-26)29(31,32)33)27(21-5-7-25(30)8-6-21)38(20)35-28(39)22-9-11-34-12-10-22/h2-12,17-18H,13-16,19H2,1H3,(H,35,39). The minimum absolute atomic E-state index is 0.257. The van der Waals surface area contributed by atoms with Crippen molar-refractivity contribution in [1.82, 2.24) is 14.6 Å². The lowest BCUT2D eigenvalue weighted by Gasteiger charge is -2.36. The summed E-state index contributed by atoms with van der Waals surface area (Å²) in [4.78, 5) is 21.2. The zero-order valence-electron chi connectivity index (χ0n) is 21.3. The lowest BCUT2D eigenvalue weighted by Crippen LogP contribution is -2.46. The van der Waals surface area contributed by atoms with Crippen LogP contribution in [-0.4, -0.2) is 46.6 Å². The number of hydrogen-bond donors (Lipinski definition) is 1. The molecule has 1 amide bonds. The monoisotopic (exact) mass is 553 g/mol. The summed E-state index contributed by atoms with van der Waals surface area (Å²) in [6.45, 7) is 5.13. The molecule has 0 bridgehead atoms. The summed E-state index contributed by atoms with van der Waals surface area (Å²) in [7, 11) is 0. The topological polar surface area (TPSA) is 53.4 Å². The zero-order chi connectivity index (χ0) is 27.6. The van der Waals surface area contributed by atoms with Crippen LogP contribution in [0.4, 0.5) is 18.9 Å². The van der Waals surface area contributed by atoms with E-state index >= 15 is 0 Å². The second kappa shape index (κ2) is 11.1. The lowest BCUT2D eigenvalue weighted by atomic mass is 10.1. The van der Waals surface area contributed by atoms with E-state index in [4.69, 9.17) is 11.6 Å². The molecule has 5 rings (SSSR count). The number of alkyl halides is 3. The van der Waals surface area contributed by atoms with Crippen molar-refractivity contribution in [3.05, 3.63) is 107 Å². The van der Waals surface area contributed by atoms with Crippen molar-refractivity contribution in [3.8, 4) is 11.3 Å². The Hall–Kier alpha value is -3.82. The molecule has 202 valence electrons. The van der Waals surface area contributed by atoms with Gasteiger partial charge in [0.15, 0.2) is 0 Å². The highest BCUT2D eigenvalue weighted by Gasteiger charge is 2.31. The predicted octanol–water partition coefficient (Wildman–Crippen LogP) is 6.24. The molecular weight excluding hydrogens is 527 g/mol. The first-order valence-corrected chi connectivity index (χ1v) is 12.9. The van der Waals surface area contributed by atoms with Gasteiger partial charge in [-0.3, -0.25) is 24.8 Å². The molecule has 0 aliphatic carbocycles. The number of benzene rings is 2. The number of halogens is 4. The van der Waals surface area contributed by atoms with E-state index in [-0.39, 0.29) is 5.91 Å². The number of nitrogens with one attached hydrogen (secondary N) is 1. The minimum Gasteiger partial charge on any atom is -0.369 e. The van der Waals surface area contributed by atoms with E-state index in [9.17, 15) is 18.0 Å². The van der Waals surface area contributed by atoms with Gasteiger partial charge in [-0.2, -0.15) is 13.2 Å². The van der Waals surface area contributed by atoms with Crippen molar-refractivity contribution in [1.29, 1.82) is 0 Å². The molecule has 1 aliphatic heterocycles. The molecule has 39 heavy (non-hydrogen) atoms. The summed E-state index contributed by atoms with van der Waals surface area (Å²) < 4.78 is 41.3. The van der Waals surface area contributed by atoms with Crippen molar-refractivity contribution in [2.45, 2.75) is 19.6 Å². The number of aromatic nitrogens is 2. The SMILES string of the molecule is Cc1cc(CN2CCN(c3cccc(C(F)(F)F)c3)CC2)c(-c2ccc(Cl)cc2)n1NC(=O)c1ccncc1. The van der Waals surface area contributed by atoms with Gasteiger partial charge in [-0.15, -0.1) is 0 Å². The van der Waals surface area contributed by atoms with Gasteiger partial charge in [-0.05, 0) is 61.0 Å². The number of hydrogen-bond acceptors (Lipinski definition) is 4. The van der Waals surface area contributed by atoms with Crippen molar-refractivity contribution >= 4 is 23.2 Å². The third-order valence-corrected chi connectivity index (χ3v) is 7.09. The molecule has 1 saturated heterocycles. The van der Waals surface area contributed by atoms with E-state index in [2.05, 4.69) is 21.4 Å². The Morgan fingerprint density at radius 2 is 1.67 bits per heavy atom. The molecule has 0 spiro atoms. The molecule has 0 atom stereocenters. The average molecular weight is 554 g/mol. The quantitative estimate of drug-likeness (QED) is 0.307. The van der Waals surface area contributed by atoms with Crippen molar-refractivity contribution in [3.63, 3.8) is 0 Å². The van der Waals surface area contributed by atoms with Crippen LogP contribution in [-0.2, 0) is 12.7 Å². The summed E-state index contributed by atoms with van der Waals surface area (Å²) in [5.74, 6) is -0.257. The van der Waals surface area contributed by atoms with Gasteiger partial charge in [0.2, 0.25) is 0 Å². The van der Waals surface area contributed by atoms with Crippen LogP contribution in [0.3, 0.4) is 0 Å². The van der Waals surface area contributed by atoms with Crippen molar-refractivity contribution < 1.29 is 18.0 Å². The molecule has 3 heterocycles. The maximum atomic E-state index is 13.2. The number of anilines is 1. The normalized spacial score (nSPS) is 14.4. The first-order chi connectivity index (χ1) is 18.7. The van der Waals surface area contributed by atoms with Gasteiger partial charge in [-0.25, -0.2) is 0 Å². The molecule has 1 fully saturated rings. The Bertz CT molecular complexity index is 1450. The van der Waals surface area contributed by atoms with Gasteiger partial charge < -0.3 is 4.90 Å². The zero-order valence-corrected chi connectivity index (χ0v) is 22.0. The second-order valence-electron chi connectivity index (χ2n) is 9.49. The number of nitrogens with zero attached hydrogens (tertiary/aromatic N) is 4. The van der Waals surface area contributed by atoms with Crippen LogP contribution in [0.5, 0.6) is 0 Å². The van der Waals surface area contributed by atoms with Crippen molar-refractivity contribution in [2.24, 2.45) is 0 Å². The largest absolute Gasteiger partial charge is 0.416 e. The van der Waals surface area contributed by atoms with E-state index in [1.807, 2.05) is 36.1 Å². The number of carbonyl (C=O) groups excluding carboxylic acids is 1. The smallest absolute Gasteiger partial charge is 0.369 e. The predicted molar refractivity (Wildman–Crippen MR) is 146 cm³/mol. The van der Waals surface area contributed by atoms with Crippen LogP contribution in [0, 0.1) is 6.92 Å². The van der Waals surface area contributed by atoms with Gasteiger partial charge in [0.05, 0.1) is 11.3 Å². The van der Waals surface area contributed by atoms with Gasteiger partial charge in [0.25, 0.3) is 5.91 Å². The summed E-state index contributed by atoms with van der Waals surface area (Å²) >= 11 is 6.15. The Kier molecular flexibility index (Phi) is 7.63. The van der Waals surface area contributed by atoms with Crippen LogP contribution in [0.1, 0.15) is 27.2 Å². The Morgan fingerprint density at radius 3 is 2.33 bits per heavy atom. The fourth-order valence-electron chi connectivity index (χ4n) is 4.85. The number of aryl methyl sites for hydroxylation is 1. The number of piperazine rings is 1. The van der Waals surface area contributed by atoms with Crippen LogP contribution in [0.15, 0.2) is 79.1 Å². The molecule has 1 N–H and O–H groups in total. The van der Waals surface area contributed by atoms with E-state index in [0.29, 0.717) is 49.0 Å². The van der Waals surface area contributed by atoms with E-state index < -0.39 is 11.7 Å². The third-order valence-electron chi connectivity index (χ3n) is 6.84. The highest BCUT2D eigenvalue weighted by Crippen LogP contribution is 2.33. The molecule has 2 aromatic carbocycles. The van der Waals surface area contributed by atoms with E-state index in [0.717, 1.165) is 28.6 Å². The van der Waals surface area contributed by atoms with Crippen molar-refractivity contribution in [2.75, 3.05) is 36.5 Å². The van der Waals surface area contributed by atoms with Gasteiger partial charge in [0, 0.05) is 72.6 Å². The molecule has 2 aromatic heterocycles. The molecule has 0 radical (unpaired) electrons. The third kappa shape index (κ3) is 6.10. The summed E-state index contributed by atoms with van der Waals surface area (Å²) in [6, 6.07) is 18.3. The molecule has 4 aromatic rings. The van der Waals surface area contributed by atoms with Crippen LogP contribution in [0.2, 0.25) is 5.02 Å². The number of pyridine rings is 1. The van der Waals surface area contributed by atoms with Crippen LogP contribution < -0.4 is 10.3 Å². The molecule has 6 nitrogen and oxygen atoms in total. The maximum Gasteiger partial charge on any atom is 0.416 e. The maximum absolute atomic E-state index is 13.2. The first-order valence-electron chi connectivity index (χ1n) is 12.5. The molecule has 0 saturated carbocycles. The summed E-state index contributed by atoms with van der Waals surface area (Å²) in [5.41, 5.74) is 7.08. The number of carbonyl (C=O) groups is 1. The van der Waals surface area contributed by atoms with Crippen LogP contribution in [0.25, 0.3) is 11.3 Å². The second-order valence-corrected chi connectivity index (χ2v) is 9.93.